The number of nitrogens with zero attached hydrogens (tertiary/aromatic N) is 1. The average molecular weight is 351 g/mol. The van der Waals surface area contributed by atoms with E-state index in [0.29, 0.717) is 11.3 Å². The third-order valence-corrected chi connectivity index (χ3v) is 3.85. The third-order valence-electron chi connectivity index (χ3n) is 3.05. The van der Waals surface area contributed by atoms with Crippen molar-refractivity contribution >= 4 is 33.3 Å². The Hall–Kier alpha value is -2.08. The van der Waals surface area contributed by atoms with E-state index in [4.69, 9.17) is 0 Å². The fraction of sp³-hybridized carbons (Fsp3) is 0.133. The van der Waals surface area contributed by atoms with Gasteiger partial charge >= 0.3 is 0 Å². The number of benzene rings is 1. The molecule has 0 unspecified atom stereocenters. The van der Waals surface area contributed by atoms with Crippen LogP contribution in [-0.4, -0.2) is 16.7 Å². The van der Waals surface area contributed by atoms with Crippen molar-refractivity contribution in [3.63, 3.8) is 0 Å². The normalized spacial score (nSPS) is 10.3. The summed E-state index contributed by atoms with van der Waals surface area (Å²) in [6.45, 7) is 3.42. The quantitative estimate of drug-likeness (QED) is 0.681. The number of pyridine rings is 1. The van der Waals surface area contributed by atoms with Gasteiger partial charge in [-0.25, -0.2) is 4.39 Å². The second kappa shape index (κ2) is 6.13. The number of anilines is 1. The number of Topliss-reactive ketones (excluding diaryl/α,β-unsaturated/α-hetero) is 1. The highest BCUT2D eigenvalue weighted by molar-refractivity contribution is 9.10. The molecule has 21 heavy (non-hydrogen) atoms. The lowest BCUT2D eigenvalue weighted by molar-refractivity contribution is -0.112. The van der Waals surface area contributed by atoms with Gasteiger partial charge in [-0.1, -0.05) is 6.07 Å². The van der Waals surface area contributed by atoms with Crippen LogP contribution in [0, 0.1) is 19.7 Å². The predicted octanol–water partition coefficient (Wildman–Crippen LogP) is 3.42. The summed E-state index contributed by atoms with van der Waals surface area (Å²) in [6, 6.07) is 3.76. The van der Waals surface area contributed by atoms with Gasteiger partial charge in [0, 0.05) is 16.2 Å². The second-order valence-electron chi connectivity index (χ2n) is 4.54. The van der Waals surface area contributed by atoms with Gasteiger partial charge in [0.2, 0.25) is 0 Å². The van der Waals surface area contributed by atoms with E-state index in [1.807, 2.05) is 0 Å². The van der Waals surface area contributed by atoms with E-state index in [0.717, 1.165) is 16.1 Å². The van der Waals surface area contributed by atoms with E-state index in [9.17, 15) is 14.0 Å². The van der Waals surface area contributed by atoms with E-state index in [2.05, 4.69) is 26.2 Å². The van der Waals surface area contributed by atoms with Crippen LogP contribution < -0.4 is 5.32 Å². The van der Waals surface area contributed by atoms with Gasteiger partial charge in [0.1, 0.15) is 5.82 Å². The molecule has 0 bridgehead atoms. The molecule has 1 heterocycles. The fourth-order valence-corrected chi connectivity index (χ4v) is 2.10. The van der Waals surface area contributed by atoms with Crippen LogP contribution in [-0.2, 0) is 4.79 Å². The van der Waals surface area contributed by atoms with Gasteiger partial charge in [-0.3, -0.25) is 14.6 Å². The number of nitrogens with one attached hydrogen (secondary N) is 1. The molecule has 0 fully saturated rings. The molecule has 6 heteroatoms. The maximum Gasteiger partial charge on any atom is 0.296 e. The molecule has 1 amide bonds. The van der Waals surface area contributed by atoms with Crippen LogP contribution in [0.15, 0.2) is 35.1 Å². The molecular weight excluding hydrogens is 339 g/mol. The van der Waals surface area contributed by atoms with Gasteiger partial charge in [-0.2, -0.15) is 0 Å². The minimum Gasteiger partial charge on any atom is -0.317 e. The molecule has 4 nitrogen and oxygen atoms in total. The molecule has 1 N–H and O–H groups in total. The SMILES string of the molecule is Cc1ccc(F)cc1C(=O)C(=O)Nc1cncc(Br)c1C. The van der Waals surface area contributed by atoms with Crippen molar-refractivity contribution in [1.29, 1.82) is 0 Å². The van der Waals surface area contributed by atoms with Gasteiger partial charge in [0.05, 0.1) is 11.9 Å². The number of hydrogen-bond acceptors (Lipinski definition) is 3. The van der Waals surface area contributed by atoms with Crippen molar-refractivity contribution < 1.29 is 14.0 Å². The number of rotatable bonds is 3. The number of carbonyl (C=O) groups is 2. The number of amides is 1. The summed E-state index contributed by atoms with van der Waals surface area (Å²) in [4.78, 5) is 28.1. The molecule has 0 spiro atoms. The Balaban J connectivity index is 2.26. The number of ketones is 1. The Morgan fingerprint density at radius 1 is 1.24 bits per heavy atom. The topological polar surface area (TPSA) is 59.1 Å². The Bertz CT molecular complexity index is 732. The Labute approximate surface area is 129 Å². The molecule has 2 rings (SSSR count). The molecule has 1 aromatic carbocycles. The van der Waals surface area contributed by atoms with Crippen LogP contribution in [0.3, 0.4) is 0 Å². The zero-order chi connectivity index (χ0) is 15.6. The van der Waals surface area contributed by atoms with E-state index >= 15 is 0 Å². The van der Waals surface area contributed by atoms with E-state index in [-0.39, 0.29) is 5.56 Å². The standard InChI is InChI=1S/C15H12BrFN2O2/c1-8-3-4-10(17)5-11(8)14(20)15(21)19-13-7-18-6-12(16)9(13)2/h3-7H,1-2H3,(H,19,21). The highest BCUT2D eigenvalue weighted by atomic mass is 79.9. The molecule has 0 atom stereocenters. The number of carbonyl (C=O) groups excluding carboxylic acids is 2. The van der Waals surface area contributed by atoms with Gasteiger partial charge in [-0.15, -0.1) is 0 Å². The Morgan fingerprint density at radius 2 is 1.95 bits per heavy atom. The third kappa shape index (κ3) is 3.33. The Morgan fingerprint density at radius 3 is 2.67 bits per heavy atom. The molecule has 0 saturated carbocycles. The number of hydrogen-bond donors (Lipinski definition) is 1. The van der Waals surface area contributed by atoms with Crippen LogP contribution in [0.2, 0.25) is 0 Å². The fourth-order valence-electron chi connectivity index (χ4n) is 1.77. The van der Waals surface area contributed by atoms with Crippen molar-refractivity contribution in [1.82, 2.24) is 4.98 Å². The largest absolute Gasteiger partial charge is 0.317 e. The number of halogens is 2. The zero-order valence-corrected chi connectivity index (χ0v) is 13.0. The highest BCUT2D eigenvalue weighted by Crippen LogP contribution is 2.22. The molecule has 0 aliphatic rings. The maximum absolute atomic E-state index is 13.2. The van der Waals surface area contributed by atoms with Crippen molar-refractivity contribution in [3.05, 3.63) is 57.6 Å². The molecule has 0 aliphatic carbocycles. The molecule has 2 aromatic rings. The molecule has 0 radical (unpaired) electrons. The molecule has 1 aromatic heterocycles. The summed E-state index contributed by atoms with van der Waals surface area (Å²) >= 11 is 3.29. The van der Waals surface area contributed by atoms with Crippen LogP contribution in [0.1, 0.15) is 21.5 Å². The minimum absolute atomic E-state index is 0.0492. The lowest BCUT2D eigenvalue weighted by atomic mass is 10.0. The maximum atomic E-state index is 13.2. The number of aryl methyl sites for hydroxylation is 1. The van der Waals surface area contributed by atoms with Crippen molar-refractivity contribution in [2.45, 2.75) is 13.8 Å². The lowest BCUT2D eigenvalue weighted by Gasteiger charge is -2.09. The monoisotopic (exact) mass is 350 g/mol. The summed E-state index contributed by atoms with van der Waals surface area (Å²) in [5, 5.41) is 2.49. The Kier molecular flexibility index (Phi) is 4.47. The first-order chi connectivity index (χ1) is 9.90. The molecule has 108 valence electrons. The van der Waals surface area contributed by atoms with Crippen LogP contribution in [0.4, 0.5) is 10.1 Å². The van der Waals surface area contributed by atoms with E-state index in [1.165, 1.54) is 18.3 Å². The van der Waals surface area contributed by atoms with E-state index in [1.54, 1.807) is 20.0 Å². The summed E-state index contributed by atoms with van der Waals surface area (Å²) in [7, 11) is 0. The molecule has 0 aliphatic heterocycles. The van der Waals surface area contributed by atoms with Crippen LogP contribution in [0.5, 0.6) is 0 Å². The molecular formula is C15H12BrFN2O2. The van der Waals surface area contributed by atoms with Gasteiger partial charge < -0.3 is 5.32 Å². The first-order valence-electron chi connectivity index (χ1n) is 6.12. The van der Waals surface area contributed by atoms with Crippen molar-refractivity contribution in [2.75, 3.05) is 5.32 Å². The van der Waals surface area contributed by atoms with Crippen molar-refractivity contribution in [3.8, 4) is 0 Å². The zero-order valence-electron chi connectivity index (χ0n) is 11.4. The van der Waals surface area contributed by atoms with Crippen LogP contribution in [0.25, 0.3) is 0 Å². The summed E-state index contributed by atoms with van der Waals surface area (Å²) in [5.74, 6) is -2.17. The minimum atomic E-state index is -0.827. The van der Waals surface area contributed by atoms with E-state index < -0.39 is 17.5 Å². The second-order valence-corrected chi connectivity index (χ2v) is 5.39. The summed E-state index contributed by atoms with van der Waals surface area (Å²) in [6.07, 6.45) is 3.03. The predicted molar refractivity (Wildman–Crippen MR) is 80.8 cm³/mol. The van der Waals surface area contributed by atoms with Crippen molar-refractivity contribution in [2.24, 2.45) is 0 Å². The van der Waals surface area contributed by atoms with Gasteiger partial charge in [-0.05, 0) is 53.0 Å². The smallest absolute Gasteiger partial charge is 0.296 e. The summed E-state index contributed by atoms with van der Waals surface area (Å²) in [5.41, 5.74) is 1.77. The van der Waals surface area contributed by atoms with Crippen LogP contribution >= 0.6 is 15.9 Å². The number of aromatic nitrogens is 1. The highest BCUT2D eigenvalue weighted by Gasteiger charge is 2.20. The first kappa shape index (κ1) is 15.3. The molecule has 0 saturated heterocycles. The summed E-state index contributed by atoms with van der Waals surface area (Å²) < 4.78 is 13.9. The lowest BCUT2D eigenvalue weighted by Crippen LogP contribution is -2.24. The van der Waals surface area contributed by atoms with Gasteiger partial charge in [0.15, 0.2) is 0 Å². The average Bonchev–Trinajstić information content (AvgIpc) is 2.45. The van der Waals surface area contributed by atoms with Gasteiger partial charge in [0.25, 0.3) is 11.7 Å². The first-order valence-corrected chi connectivity index (χ1v) is 6.91.